The number of rotatable bonds is 4. The Bertz CT molecular complexity index is 594. The first kappa shape index (κ1) is 19.4. The van der Waals surface area contributed by atoms with E-state index in [0.717, 1.165) is 0 Å². The molecule has 0 bridgehead atoms. The van der Waals surface area contributed by atoms with Crippen LogP contribution in [0.3, 0.4) is 0 Å². The fraction of sp³-hybridized carbons (Fsp3) is 0.600. The summed E-state index contributed by atoms with van der Waals surface area (Å²) >= 11 is 0. The van der Waals surface area contributed by atoms with Crippen molar-refractivity contribution < 1.29 is 14.3 Å². The lowest BCUT2D eigenvalue weighted by atomic mass is 9.87. The zero-order valence-electron chi connectivity index (χ0n) is 16.0. The van der Waals surface area contributed by atoms with E-state index in [1.807, 2.05) is 43.0 Å². The van der Waals surface area contributed by atoms with Crippen molar-refractivity contribution in [1.29, 1.82) is 0 Å². The van der Waals surface area contributed by atoms with E-state index in [9.17, 15) is 9.59 Å². The Balaban J connectivity index is 1.81. The average Bonchev–Trinajstić information content (AvgIpc) is 2.53. The zero-order chi connectivity index (χ0) is 18.6. The molecule has 1 fully saturated rings. The summed E-state index contributed by atoms with van der Waals surface area (Å²) in [7, 11) is 0. The largest absolute Gasteiger partial charge is 0.372 e. The lowest BCUT2D eigenvalue weighted by Gasteiger charge is -2.35. The van der Waals surface area contributed by atoms with Gasteiger partial charge in [-0.05, 0) is 37.0 Å². The van der Waals surface area contributed by atoms with Crippen LogP contribution in [0.15, 0.2) is 24.3 Å². The van der Waals surface area contributed by atoms with Gasteiger partial charge in [0.2, 0.25) is 5.91 Å². The fourth-order valence-electron chi connectivity index (χ4n) is 3.05. The van der Waals surface area contributed by atoms with Crippen molar-refractivity contribution in [2.24, 2.45) is 0 Å². The van der Waals surface area contributed by atoms with Crippen LogP contribution in [0.4, 0.5) is 0 Å². The molecule has 2 rings (SSSR count). The molecule has 2 amide bonds. The van der Waals surface area contributed by atoms with Crippen molar-refractivity contribution in [2.45, 2.75) is 58.7 Å². The Morgan fingerprint density at radius 2 is 1.68 bits per heavy atom. The summed E-state index contributed by atoms with van der Waals surface area (Å²) in [5, 5.41) is 2.83. The van der Waals surface area contributed by atoms with Gasteiger partial charge >= 0.3 is 0 Å². The first-order valence-electron chi connectivity index (χ1n) is 8.99. The van der Waals surface area contributed by atoms with Gasteiger partial charge in [0.05, 0.1) is 12.2 Å². The molecule has 1 aliphatic heterocycles. The summed E-state index contributed by atoms with van der Waals surface area (Å²) in [5.41, 5.74) is 1.87. The van der Waals surface area contributed by atoms with Crippen LogP contribution in [-0.2, 0) is 14.9 Å². The van der Waals surface area contributed by atoms with E-state index in [4.69, 9.17) is 4.74 Å². The van der Waals surface area contributed by atoms with Gasteiger partial charge < -0.3 is 15.0 Å². The first-order chi connectivity index (χ1) is 11.7. The maximum absolute atomic E-state index is 12.3. The Morgan fingerprint density at radius 1 is 1.12 bits per heavy atom. The number of nitrogens with one attached hydrogen (secondary N) is 1. The molecule has 1 heterocycles. The van der Waals surface area contributed by atoms with Gasteiger partial charge in [0.15, 0.2) is 0 Å². The lowest BCUT2D eigenvalue weighted by Crippen LogP contribution is -2.48. The molecule has 1 saturated heterocycles. The smallest absolute Gasteiger partial charge is 0.251 e. The maximum Gasteiger partial charge on any atom is 0.251 e. The van der Waals surface area contributed by atoms with Crippen molar-refractivity contribution in [1.82, 2.24) is 10.2 Å². The minimum Gasteiger partial charge on any atom is -0.372 e. The molecule has 25 heavy (non-hydrogen) atoms. The molecule has 5 heteroatoms. The highest BCUT2D eigenvalue weighted by molar-refractivity contribution is 5.94. The van der Waals surface area contributed by atoms with E-state index >= 15 is 0 Å². The Kier molecular flexibility index (Phi) is 6.22. The molecule has 0 saturated carbocycles. The van der Waals surface area contributed by atoms with Crippen molar-refractivity contribution in [3.63, 3.8) is 0 Å². The highest BCUT2D eigenvalue weighted by Gasteiger charge is 2.25. The quantitative estimate of drug-likeness (QED) is 0.912. The van der Waals surface area contributed by atoms with E-state index in [1.165, 1.54) is 5.56 Å². The molecule has 138 valence electrons. The number of hydrogen-bond donors (Lipinski definition) is 1. The van der Waals surface area contributed by atoms with Crippen molar-refractivity contribution in [3.05, 3.63) is 35.4 Å². The summed E-state index contributed by atoms with van der Waals surface area (Å²) in [5.74, 6) is -0.0812. The van der Waals surface area contributed by atoms with Crippen molar-refractivity contribution >= 4 is 11.8 Å². The first-order valence-corrected chi connectivity index (χ1v) is 8.99. The van der Waals surface area contributed by atoms with E-state index < -0.39 is 0 Å². The summed E-state index contributed by atoms with van der Waals surface area (Å²) in [6.45, 7) is 11.9. The second kappa shape index (κ2) is 8.00. The molecule has 2 atom stereocenters. The molecule has 0 aliphatic carbocycles. The Labute approximate surface area is 150 Å². The van der Waals surface area contributed by atoms with Gasteiger partial charge in [0.1, 0.15) is 0 Å². The number of carbonyl (C=O) groups is 2. The maximum atomic E-state index is 12.3. The summed E-state index contributed by atoms with van der Waals surface area (Å²) in [6.07, 6.45) is 0.429. The van der Waals surface area contributed by atoms with Gasteiger partial charge in [0, 0.05) is 31.6 Å². The molecular weight excluding hydrogens is 316 g/mol. The van der Waals surface area contributed by atoms with Gasteiger partial charge in [-0.2, -0.15) is 0 Å². The number of morpholine rings is 1. The molecule has 1 N–H and O–H groups in total. The average molecular weight is 346 g/mol. The highest BCUT2D eigenvalue weighted by Crippen LogP contribution is 2.22. The van der Waals surface area contributed by atoms with Crippen LogP contribution in [0, 0.1) is 0 Å². The number of hydrogen-bond acceptors (Lipinski definition) is 3. The minimum absolute atomic E-state index is 0.0589. The zero-order valence-corrected chi connectivity index (χ0v) is 16.0. The van der Waals surface area contributed by atoms with Crippen LogP contribution in [-0.4, -0.2) is 48.6 Å². The van der Waals surface area contributed by atoms with Crippen molar-refractivity contribution in [2.75, 3.05) is 19.6 Å². The number of nitrogens with zero attached hydrogens (tertiary/aromatic N) is 1. The second-order valence-corrected chi connectivity index (χ2v) is 7.89. The predicted molar refractivity (Wildman–Crippen MR) is 98.7 cm³/mol. The molecule has 1 aromatic carbocycles. The Morgan fingerprint density at radius 3 is 2.20 bits per heavy atom. The number of amides is 2. The van der Waals surface area contributed by atoms with Crippen LogP contribution in [0.2, 0.25) is 0 Å². The number of carbonyl (C=O) groups excluding carboxylic acids is 2. The van der Waals surface area contributed by atoms with Crippen LogP contribution < -0.4 is 5.32 Å². The number of ether oxygens (including phenoxy) is 1. The van der Waals surface area contributed by atoms with Crippen LogP contribution in [0.1, 0.15) is 57.0 Å². The molecule has 0 radical (unpaired) electrons. The van der Waals surface area contributed by atoms with E-state index in [-0.39, 0.29) is 29.4 Å². The summed E-state index contributed by atoms with van der Waals surface area (Å²) in [6, 6.07) is 7.64. The third-order valence-corrected chi connectivity index (χ3v) is 4.41. The second-order valence-electron chi connectivity index (χ2n) is 7.89. The summed E-state index contributed by atoms with van der Waals surface area (Å²) in [4.78, 5) is 26.3. The molecule has 0 spiro atoms. The van der Waals surface area contributed by atoms with Gasteiger partial charge in [-0.15, -0.1) is 0 Å². The minimum atomic E-state index is -0.142. The van der Waals surface area contributed by atoms with E-state index in [1.54, 1.807) is 0 Å². The third kappa shape index (κ3) is 5.56. The molecule has 5 nitrogen and oxygen atoms in total. The highest BCUT2D eigenvalue weighted by atomic mass is 16.5. The van der Waals surface area contributed by atoms with Crippen LogP contribution in [0.25, 0.3) is 0 Å². The van der Waals surface area contributed by atoms with Crippen molar-refractivity contribution in [3.8, 4) is 0 Å². The molecule has 1 aliphatic rings. The normalized spacial score (nSPS) is 21.1. The Hall–Kier alpha value is -1.88. The van der Waals surface area contributed by atoms with E-state index in [2.05, 4.69) is 26.1 Å². The monoisotopic (exact) mass is 346 g/mol. The number of benzene rings is 1. The third-order valence-electron chi connectivity index (χ3n) is 4.41. The lowest BCUT2D eigenvalue weighted by molar-refractivity contribution is -0.143. The van der Waals surface area contributed by atoms with Crippen LogP contribution in [0.5, 0.6) is 0 Å². The standard InChI is InChI=1S/C20H30N2O3/c1-14-12-22(13-15(2)25-14)18(23)10-11-21-19(24)16-6-8-17(9-7-16)20(3,4)5/h6-9,14-15H,10-13H2,1-5H3,(H,21,24)/t14-,15+. The SMILES string of the molecule is C[C@@H]1CN(C(=O)CCNC(=O)c2ccc(C(C)(C)C)cc2)C[C@H](C)O1. The van der Waals surface area contributed by atoms with E-state index in [0.29, 0.717) is 31.6 Å². The van der Waals surface area contributed by atoms with Crippen LogP contribution >= 0.6 is 0 Å². The van der Waals surface area contributed by atoms with Gasteiger partial charge in [0.25, 0.3) is 5.91 Å². The molecular formula is C20H30N2O3. The molecule has 0 aromatic heterocycles. The fourth-order valence-corrected chi connectivity index (χ4v) is 3.05. The predicted octanol–water partition coefficient (Wildman–Crippen LogP) is 2.74. The van der Waals surface area contributed by atoms with Gasteiger partial charge in [-0.3, -0.25) is 9.59 Å². The molecule has 1 aromatic rings. The topological polar surface area (TPSA) is 58.6 Å². The van der Waals surface area contributed by atoms with Gasteiger partial charge in [-0.25, -0.2) is 0 Å². The summed E-state index contributed by atoms with van der Waals surface area (Å²) < 4.78 is 5.64. The molecule has 0 unspecified atom stereocenters. The van der Waals surface area contributed by atoms with Gasteiger partial charge in [-0.1, -0.05) is 32.9 Å².